The lowest BCUT2D eigenvalue weighted by atomic mass is 10.2. The van der Waals surface area contributed by atoms with Crippen molar-refractivity contribution in [1.29, 1.82) is 0 Å². The molecule has 2 aromatic carbocycles. The van der Waals surface area contributed by atoms with Crippen LogP contribution in [0, 0.1) is 0 Å². The molecule has 0 aliphatic rings. The fourth-order valence-corrected chi connectivity index (χ4v) is 5.64. The van der Waals surface area contributed by atoms with E-state index in [0.717, 1.165) is 11.8 Å². The molecule has 3 N–H and O–H groups in total. The predicted molar refractivity (Wildman–Crippen MR) is 146 cm³/mol. The SMILES string of the molecule is Nc1nc2c(ncn2CCOCP(=O)(OCCSC(=O)c2ccccc2)OCc2cccc(Cl)c2)c(=O)[nH]1. The Morgan fingerprint density at radius 2 is 1.95 bits per heavy atom. The van der Waals surface area contributed by atoms with E-state index in [1.54, 1.807) is 53.1 Å². The number of rotatable bonds is 13. The van der Waals surface area contributed by atoms with Crippen molar-refractivity contribution in [3.8, 4) is 0 Å². The average molecular weight is 578 g/mol. The zero-order valence-corrected chi connectivity index (χ0v) is 22.6. The number of nitrogens with two attached hydrogens (primary N) is 1. The van der Waals surface area contributed by atoms with E-state index in [2.05, 4.69) is 15.0 Å². The van der Waals surface area contributed by atoms with Gasteiger partial charge in [-0.1, -0.05) is 65.8 Å². The van der Waals surface area contributed by atoms with Gasteiger partial charge < -0.3 is 24.1 Å². The Labute approximate surface area is 227 Å². The number of aromatic nitrogens is 4. The molecule has 14 heteroatoms. The summed E-state index contributed by atoms with van der Waals surface area (Å²) < 4.78 is 32.0. The molecule has 0 bridgehead atoms. The smallest absolute Gasteiger partial charge is 0.356 e. The number of anilines is 1. The Kier molecular flexibility index (Phi) is 9.73. The number of nitrogens with zero attached hydrogens (tertiary/aromatic N) is 3. The van der Waals surface area contributed by atoms with Gasteiger partial charge in [0.25, 0.3) is 5.56 Å². The summed E-state index contributed by atoms with van der Waals surface area (Å²) in [5, 5.41) is 0.412. The molecule has 0 radical (unpaired) electrons. The van der Waals surface area contributed by atoms with Crippen molar-refractivity contribution >= 4 is 53.2 Å². The highest BCUT2D eigenvalue weighted by Gasteiger charge is 2.26. The molecule has 4 aromatic rings. The van der Waals surface area contributed by atoms with Gasteiger partial charge in [0.1, 0.15) is 6.35 Å². The second-order valence-electron chi connectivity index (χ2n) is 7.95. The first-order valence-corrected chi connectivity index (χ1v) is 14.6. The van der Waals surface area contributed by atoms with E-state index >= 15 is 0 Å². The van der Waals surface area contributed by atoms with E-state index in [-0.39, 0.29) is 55.0 Å². The molecule has 0 saturated carbocycles. The van der Waals surface area contributed by atoms with Crippen LogP contribution in [0.2, 0.25) is 5.02 Å². The number of fused-ring (bicyclic) bond motifs is 1. The summed E-state index contributed by atoms with van der Waals surface area (Å²) in [7, 11) is -3.71. The topological polar surface area (TPSA) is 151 Å². The summed E-state index contributed by atoms with van der Waals surface area (Å²) in [5.41, 5.74) is 6.94. The summed E-state index contributed by atoms with van der Waals surface area (Å²) in [6.07, 6.45) is 1.12. The lowest BCUT2D eigenvalue weighted by Gasteiger charge is -2.19. The fourth-order valence-electron chi connectivity index (χ4n) is 3.35. The Morgan fingerprint density at radius 3 is 2.74 bits per heavy atom. The van der Waals surface area contributed by atoms with Gasteiger partial charge in [-0.15, -0.1) is 0 Å². The largest absolute Gasteiger partial charge is 0.369 e. The van der Waals surface area contributed by atoms with Crippen molar-refractivity contribution in [3.63, 3.8) is 0 Å². The van der Waals surface area contributed by atoms with E-state index in [0.29, 0.717) is 21.8 Å². The van der Waals surface area contributed by atoms with E-state index in [9.17, 15) is 14.2 Å². The molecule has 38 heavy (non-hydrogen) atoms. The van der Waals surface area contributed by atoms with Gasteiger partial charge in [0.2, 0.25) is 11.1 Å². The summed E-state index contributed by atoms with van der Waals surface area (Å²) in [5.74, 6) is 0.252. The molecule has 4 rings (SSSR count). The van der Waals surface area contributed by atoms with Crippen LogP contribution < -0.4 is 11.3 Å². The first-order valence-electron chi connectivity index (χ1n) is 11.5. The number of H-pyrrole nitrogens is 1. The van der Waals surface area contributed by atoms with Gasteiger partial charge in [0.15, 0.2) is 11.2 Å². The van der Waals surface area contributed by atoms with Crippen LogP contribution in [-0.4, -0.2) is 49.9 Å². The summed E-state index contributed by atoms with van der Waals surface area (Å²) >= 11 is 7.09. The van der Waals surface area contributed by atoms with E-state index in [1.807, 2.05) is 6.07 Å². The number of hydrogen-bond donors (Lipinski definition) is 2. The maximum absolute atomic E-state index is 13.5. The standard InChI is InChI=1S/C24H25ClN5O6PS/c25-19-8-4-5-17(13-19)14-36-37(33,35-11-12-38-23(32)18-6-2-1-3-7-18)16-34-10-9-30-15-27-20-21(30)28-24(26)29-22(20)31/h1-8,13,15H,9-12,14,16H2,(H3,26,28,29,31). The molecule has 1 atom stereocenters. The molecular weight excluding hydrogens is 553 g/mol. The number of benzene rings is 2. The molecule has 0 spiro atoms. The number of nitrogen functional groups attached to an aromatic ring is 1. The molecule has 2 heterocycles. The maximum Gasteiger partial charge on any atom is 0.356 e. The maximum atomic E-state index is 13.5. The number of ether oxygens (including phenoxy) is 1. The number of carbonyl (C=O) groups is 1. The number of thioether (sulfide) groups is 1. The quantitative estimate of drug-likeness (QED) is 0.173. The van der Waals surface area contributed by atoms with Crippen LogP contribution in [0.15, 0.2) is 65.7 Å². The minimum atomic E-state index is -3.71. The Balaban J connectivity index is 1.33. The van der Waals surface area contributed by atoms with Crippen LogP contribution in [0.25, 0.3) is 11.2 Å². The van der Waals surface area contributed by atoms with Crippen LogP contribution in [0.1, 0.15) is 15.9 Å². The minimum absolute atomic E-state index is 0.00455. The van der Waals surface area contributed by atoms with Crippen molar-refractivity contribution < 1.29 is 23.1 Å². The fraction of sp³-hybridized carbons (Fsp3) is 0.250. The lowest BCUT2D eigenvalue weighted by Crippen LogP contribution is -2.13. The van der Waals surface area contributed by atoms with Gasteiger partial charge in [-0.3, -0.25) is 19.1 Å². The molecule has 2 aromatic heterocycles. The number of imidazole rings is 1. The van der Waals surface area contributed by atoms with Crippen LogP contribution >= 0.6 is 31.0 Å². The van der Waals surface area contributed by atoms with Crippen LogP contribution in [-0.2, 0) is 31.5 Å². The molecule has 0 fully saturated rings. The predicted octanol–water partition coefficient (Wildman–Crippen LogP) is 4.33. The van der Waals surface area contributed by atoms with Gasteiger partial charge in [-0.2, -0.15) is 4.98 Å². The first-order chi connectivity index (χ1) is 18.3. The van der Waals surface area contributed by atoms with Gasteiger partial charge in [-0.05, 0) is 17.7 Å². The number of halogens is 1. The normalized spacial score (nSPS) is 13.0. The zero-order valence-electron chi connectivity index (χ0n) is 20.1. The lowest BCUT2D eigenvalue weighted by molar-refractivity contribution is 0.108. The zero-order chi connectivity index (χ0) is 27.0. The Bertz CT molecular complexity index is 1500. The monoisotopic (exact) mass is 577 g/mol. The third kappa shape index (κ3) is 7.76. The molecular formula is C24H25ClN5O6PS. The number of nitrogens with one attached hydrogen (secondary N) is 1. The van der Waals surface area contributed by atoms with Crippen molar-refractivity contribution in [2.24, 2.45) is 0 Å². The number of hydrogen-bond acceptors (Lipinski definition) is 10. The third-order valence-corrected chi connectivity index (χ3v) is 7.85. The summed E-state index contributed by atoms with van der Waals surface area (Å²) in [6.45, 7) is 0.379. The third-order valence-electron chi connectivity index (χ3n) is 5.15. The van der Waals surface area contributed by atoms with Crippen molar-refractivity contribution in [2.75, 3.05) is 31.0 Å². The molecule has 0 saturated heterocycles. The number of aromatic amines is 1. The highest BCUT2D eigenvalue weighted by atomic mass is 35.5. The minimum Gasteiger partial charge on any atom is -0.369 e. The Hall–Kier alpha value is -2.99. The summed E-state index contributed by atoms with van der Waals surface area (Å²) in [6, 6.07) is 15.8. The second-order valence-corrected chi connectivity index (χ2v) is 11.4. The molecule has 0 amide bonds. The van der Waals surface area contributed by atoms with Gasteiger partial charge in [-0.25, -0.2) is 4.98 Å². The second kappa shape index (κ2) is 13.2. The number of carbonyl (C=O) groups excluding carboxylic acids is 1. The van der Waals surface area contributed by atoms with Crippen molar-refractivity contribution in [1.82, 2.24) is 19.5 Å². The van der Waals surface area contributed by atoms with Gasteiger partial charge >= 0.3 is 7.60 Å². The molecule has 0 aliphatic carbocycles. The van der Waals surface area contributed by atoms with Gasteiger partial charge in [0.05, 0.1) is 26.1 Å². The average Bonchev–Trinajstić information content (AvgIpc) is 3.31. The summed E-state index contributed by atoms with van der Waals surface area (Å²) in [4.78, 5) is 34.8. The van der Waals surface area contributed by atoms with E-state index < -0.39 is 13.2 Å². The molecule has 11 nitrogen and oxygen atoms in total. The van der Waals surface area contributed by atoms with E-state index in [4.69, 9.17) is 31.1 Å². The van der Waals surface area contributed by atoms with Gasteiger partial charge in [0, 0.05) is 22.9 Å². The molecule has 0 aliphatic heterocycles. The van der Waals surface area contributed by atoms with Crippen LogP contribution in [0.5, 0.6) is 0 Å². The first kappa shape index (κ1) is 28.0. The molecule has 200 valence electrons. The van der Waals surface area contributed by atoms with Crippen molar-refractivity contribution in [3.05, 3.63) is 87.4 Å². The van der Waals surface area contributed by atoms with Crippen LogP contribution in [0.3, 0.4) is 0 Å². The van der Waals surface area contributed by atoms with Crippen LogP contribution in [0.4, 0.5) is 5.95 Å². The van der Waals surface area contributed by atoms with Crippen molar-refractivity contribution in [2.45, 2.75) is 13.2 Å². The Morgan fingerprint density at radius 1 is 1.13 bits per heavy atom. The van der Waals surface area contributed by atoms with E-state index in [1.165, 1.54) is 6.33 Å². The highest BCUT2D eigenvalue weighted by Crippen LogP contribution is 2.49. The highest BCUT2D eigenvalue weighted by molar-refractivity contribution is 8.14. The molecule has 1 unspecified atom stereocenters.